The molecule has 1 heterocycles. The van der Waals surface area contributed by atoms with Gasteiger partial charge in [0.25, 0.3) is 0 Å². The second kappa shape index (κ2) is 5.26. The van der Waals surface area contributed by atoms with Crippen LogP contribution in [0.3, 0.4) is 0 Å². The second-order valence-electron chi connectivity index (χ2n) is 5.68. The molecule has 0 bridgehead atoms. The molecule has 3 atom stereocenters. The van der Waals surface area contributed by atoms with E-state index in [1.165, 1.54) is 0 Å². The highest BCUT2D eigenvalue weighted by atomic mass is 16.4. The van der Waals surface area contributed by atoms with Crippen molar-refractivity contribution in [1.29, 1.82) is 0 Å². The number of carbonyl (C=O) groups is 2. The Morgan fingerprint density at radius 1 is 1.33 bits per heavy atom. The van der Waals surface area contributed by atoms with E-state index in [0.29, 0.717) is 24.9 Å². The molecule has 0 spiro atoms. The molecular weight excluding hydrogens is 232 g/mol. The first-order chi connectivity index (χ1) is 8.49. The lowest BCUT2D eigenvalue weighted by Crippen LogP contribution is -2.55. The molecule has 18 heavy (non-hydrogen) atoms. The normalized spacial score (nSPS) is 30.8. The van der Waals surface area contributed by atoms with Gasteiger partial charge >= 0.3 is 5.97 Å². The Balaban J connectivity index is 1.99. The van der Waals surface area contributed by atoms with Gasteiger partial charge in [0.2, 0.25) is 5.91 Å². The minimum absolute atomic E-state index is 0.0293. The van der Waals surface area contributed by atoms with Gasteiger partial charge in [0.1, 0.15) is 6.04 Å². The molecule has 1 aliphatic heterocycles. The summed E-state index contributed by atoms with van der Waals surface area (Å²) >= 11 is 0. The van der Waals surface area contributed by atoms with Crippen molar-refractivity contribution in [3.8, 4) is 0 Å². The number of nitrogens with zero attached hydrogens (tertiary/aromatic N) is 1. The molecule has 1 saturated carbocycles. The molecule has 1 saturated heterocycles. The maximum absolute atomic E-state index is 12.0. The summed E-state index contributed by atoms with van der Waals surface area (Å²) in [6.45, 7) is 4.57. The maximum atomic E-state index is 12.0. The summed E-state index contributed by atoms with van der Waals surface area (Å²) in [5.41, 5.74) is 0. The topological polar surface area (TPSA) is 69.6 Å². The first kappa shape index (κ1) is 13.3. The molecule has 0 aromatic heterocycles. The zero-order chi connectivity index (χ0) is 13.3. The van der Waals surface area contributed by atoms with Crippen LogP contribution in [-0.2, 0) is 9.59 Å². The molecule has 0 aromatic carbocycles. The van der Waals surface area contributed by atoms with Crippen LogP contribution in [0.1, 0.15) is 39.5 Å². The van der Waals surface area contributed by atoms with Gasteiger partial charge in [0.15, 0.2) is 0 Å². The van der Waals surface area contributed by atoms with Crippen LogP contribution in [0.2, 0.25) is 0 Å². The van der Waals surface area contributed by atoms with E-state index in [4.69, 9.17) is 0 Å². The molecular formula is C13H22N2O3. The second-order valence-corrected chi connectivity index (χ2v) is 5.68. The smallest absolute Gasteiger partial charge is 0.320 e. The Labute approximate surface area is 108 Å². The average molecular weight is 254 g/mol. The van der Waals surface area contributed by atoms with E-state index in [1.54, 1.807) is 0 Å². The zero-order valence-corrected chi connectivity index (χ0v) is 11.1. The van der Waals surface area contributed by atoms with Gasteiger partial charge in [-0.15, -0.1) is 0 Å². The van der Waals surface area contributed by atoms with Crippen molar-refractivity contribution < 1.29 is 14.7 Å². The van der Waals surface area contributed by atoms with Gasteiger partial charge in [-0.3, -0.25) is 14.5 Å². The summed E-state index contributed by atoms with van der Waals surface area (Å²) in [5.74, 6) is -0.424. The fraction of sp³-hybridized carbons (Fsp3) is 0.846. The molecule has 2 aliphatic rings. The van der Waals surface area contributed by atoms with Gasteiger partial charge in [-0.1, -0.05) is 6.92 Å². The molecule has 2 rings (SSSR count). The summed E-state index contributed by atoms with van der Waals surface area (Å²) < 4.78 is 0. The lowest BCUT2D eigenvalue weighted by molar-refractivity contribution is -0.148. The van der Waals surface area contributed by atoms with E-state index < -0.39 is 12.0 Å². The third-order valence-corrected chi connectivity index (χ3v) is 3.99. The van der Waals surface area contributed by atoms with E-state index in [2.05, 4.69) is 12.2 Å². The lowest BCUT2D eigenvalue weighted by atomic mass is 9.91. The van der Waals surface area contributed by atoms with Crippen LogP contribution < -0.4 is 5.32 Å². The molecule has 0 radical (unpaired) electrons. The predicted octanol–water partition coefficient (Wildman–Crippen LogP) is 0.839. The van der Waals surface area contributed by atoms with Crippen molar-refractivity contribution in [1.82, 2.24) is 10.2 Å². The number of carbonyl (C=O) groups excluding carboxylic acids is 1. The molecule has 1 aliphatic carbocycles. The molecule has 2 N–H and O–H groups in total. The molecule has 0 aromatic rings. The summed E-state index contributed by atoms with van der Waals surface area (Å²) in [6.07, 6.45) is 3.71. The van der Waals surface area contributed by atoms with E-state index in [1.807, 2.05) is 11.8 Å². The van der Waals surface area contributed by atoms with Crippen molar-refractivity contribution in [2.45, 2.75) is 57.7 Å². The largest absolute Gasteiger partial charge is 0.480 e. The SMILES string of the molecule is CC1CCN(C(C)C(=O)NC2CC2)C(C(=O)O)C1. The Kier molecular flexibility index (Phi) is 3.90. The standard InChI is InChI=1S/C13H22N2O3/c1-8-5-6-15(11(7-8)13(17)18)9(2)12(16)14-10-3-4-10/h8-11H,3-7H2,1-2H3,(H,14,16)(H,17,18). The molecule has 1 amide bonds. The third-order valence-electron chi connectivity index (χ3n) is 3.99. The van der Waals surface area contributed by atoms with E-state index in [-0.39, 0.29) is 11.9 Å². The molecule has 5 nitrogen and oxygen atoms in total. The quantitative estimate of drug-likeness (QED) is 0.780. The van der Waals surface area contributed by atoms with Crippen LogP contribution >= 0.6 is 0 Å². The van der Waals surface area contributed by atoms with Crippen LogP contribution in [0, 0.1) is 5.92 Å². The molecule has 102 valence electrons. The average Bonchev–Trinajstić information content (AvgIpc) is 3.11. The number of likely N-dealkylation sites (tertiary alicyclic amines) is 1. The number of hydrogen-bond acceptors (Lipinski definition) is 3. The van der Waals surface area contributed by atoms with Crippen LogP contribution in [0.25, 0.3) is 0 Å². The highest BCUT2D eigenvalue weighted by Crippen LogP contribution is 2.25. The monoisotopic (exact) mass is 254 g/mol. The summed E-state index contributed by atoms with van der Waals surface area (Å²) in [5, 5.41) is 12.2. The van der Waals surface area contributed by atoms with Gasteiger partial charge in [-0.05, 0) is 38.5 Å². The van der Waals surface area contributed by atoms with Gasteiger partial charge in [0.05, 0.1) is 6.04 Å². The van der Waals surface area contributed by atoms with E-state index >= 15 is 0 Å². The summed E-state index contributed by atoms with van der Waals surface area (Å²) in [4.78, 5) is 25.1. The van der Waals surface area contributed by atoms with Crippen molar-refractivity contribution in [2.75, 3.05) is 6.54 Å². The number of hydrogen-bond donors (Lipinski definition) is 2. The number of rotatable bonds is 4. The molecule has 3 unspecified atom stereocenters. The fourth-order valence-corrected chi connectivity index (χ4v) is 2.57. The first-order valence-corrected chi connectivity index (χ1v) is 6.78. The van der Waals surface area contributed by atoms with Gasteiger partial charge in [0, 0.05) is 12.6 Å². The number of amides is 1. The van der Waals surface area contributed by atoms with Crippen LogP contribution in [-0.4, -0.2) is 46.6 Å². The minimum atomic E-state index is -0.812. The van der Waals surface area contributed by atoms with Gasteiger partial charge in [-0.25, -0.2) is 0 Å². The number of piperidine rings is 1. The van der Waals surface area contributed by atoms with Gasteiger partial charge in [-0.2, -0.15) is 0 Å². The Hall–Kier alpha value is -1.10. The first-order valence-electron chi connectivity index (χ1n) is 6.78. The highest BCUT2D eigenvalue weighted by Gasteiger charge is 2.37. The predicted molar refractivity (Wildman–Crippen MR) is 67.2 cm³/mol. The zero-order valence-electron chi connectivity index (χ0n) is 11.1. The Bertz CT molecular complexity index is 341. The highest BCUT2D eigenvalue weighted by molar-refractivity contribution is 5.83. The van der Waals surface area contributed by atoms with Gasteiger partial charge < -0.3 is 10.4 Å². The number of carboxylic acids is 1. The van der Waals surface area contributed by atoms with Crippen molar-refractivity contribution in [3.63, 3.8) is 0 Å². The minimum Gasteiger partial charge on any atom is -0.480 e. The maximum Gasteiger partial charge on any atom is 0.320 e. The fourth-order valence-electron chi connectivity index (χ4n) is 2.57. The molecule has 5 heteroatoms. The summed E-state index contributed by atoms with van der Waals surface area (Å²) in [6, 6.07) is -0.542. The van der Waals surface area contributed by atoms with Crippen LogP contribution in [0.15, 0.2) is 0 Å². The third kappa shape index (κ3) is 3.02. The summed E-state index contributed by atoms with van der Waals surface area (Å²) in [7, 11) is 0. The van der Waals surface area contributed by atoms with Crippen LogP contribution in [0.5, 0.6) is 0 Å². The number of aliphatic carboxylic acids is 1. The van der Waals surface area contributed by atoms with Crippen molar-refractivity contribution in [3.05, 3.63) is 0 Å². The van der Waals surface area contributed by atoms with E-state index in [0.717, 1.165) is 19.3 Å². The van der Waals surface area contributed by atoms with E-state index in [9.17, 15) is 14.7 Å². The number of carboxylic acid groups (broad SMARTS) is 1. The Morgan fingerprint density at radius 2 is 2.00 bits per heavy atom. The molecule has 2 fully saturated rings. The Morgan fingerprint density at radius 3 is 2.56 bits per heavy atom. The lowest BCUT2D eigenvalue weighted by Gasteiger charge is -2.39. The number of nitrogens with one attached hydrogen (secondary N) is 1. The van der Waals surface area contributed by atoms with Crippen molar-refractivity contribution in [2.24, 2.45) is 5.92 Å². The van der Waals surface area contributed by atoms with Crippen molar-refractivity contribution >= 4 is 11.9 Å². The van der Waals surface area contributed by atoms with Crippen LogP contribution in [0.4, 0.5) is 0 Å².